The lowest BCUT2D eigenvalue weighted by molar-refractivity contribution is 0.343. The van der Waals surface area contributed by atoms with Crippen LogP contribution in [0.1, 0.15) is 24.2 Å². The Kier molecular flexibility index (Phi) is 4.78. The molecule has 1 aliphatic heterocycles. The van der Waals surface area contributed by atoms with Crippen molar-refractivity contribution in [2.24, 2.45) is 10.8 Å². The number of anilines is 1. The SMILES string of the molecule is CCN(c1cccc(Br)c1)C1c2ccc(C)cc2N=C(NN)N1C. The summed E-state index contributed by atoms with van der Waals surface area (Å²) in [6.07, 6.45) is 0.0171. The maximum absolute atomic E-state index is 5.71. The van der Waals surface area contributed by atoms with Gasteiger partial charge in [-0.25, -0.2) is 10.8 Å². The highest BCUT2D eigenvalue weighted by atomic mass is 79.9. The molecule has 1 heterocycles. The third-order valence-electron chi connectivity index (χ3n) is 4.30. The zero-order chi connectivity index (χ0) is 17.3. The minimum absolute atomic E-state index is 0.0171. The van der Waals surface area contributed by atoms with Crippen LogP contribution in [0.5, 0.6) is 0 Å². The molecular weight excluding hydrogens is 366 g/mol. The summed E-state index contributed by atoms with van der Waals surface area (Å²) in [5, 5.41) is 0. The first-order chi connectivity index (χ1) is 11.5. The standard InChI is InChI=1S/C18H22BrN5/c1-4-24(14-7-5-6-13(19)11-14)17-15-9-8-12(2)10-16(15)21-18(22-20)23(17)3/h5-11,17H,4,20H2,1-3H3,(H,21,22). The Hall–Kier alpha value is -2.05. The predicted molar refractivity (Wildman–Crippen MR) is 103 cm³/mol. The number of hydrazine groups is 1. The highest BCUT2D eigenvalue weighted by Gasteiger charge is 2.31. The molecule has 3 N–H and O–H groups in total. The number of aryl methyl sites for hydroxylation is 1. The quantitative estimate of drug-likeness (QED) is 0.622. The maximum Gasteiger partial charge on any atom is 0.215 e. The van der Waals surface area contributed by atoms with E-state index >= 15 is 0 Å². The van der Waals surface area contributed by atoms with Gasteiger partial charge in [0, 0.05) is 29.3 Å². The molecule has 1 aliphatic rings. The molecule has 0 aliphatic carbocycles. The first-order valence-electron chi connectivity index (χ1n) is 7.96. The number of fused-ring (bicyclic) bond motifs is 1. The van der Waals surface area contributed by atoms with Crippen LogP contribution in [0.25, 0.3) is 0 Å². The number of nitrogens with zero attached hydrogens (tertiary/aromatic N) is 3. The molecule has 2 aromatic carbocycles. The minimum atomic E-state index is 0.0171. The lowest BCUT2D eigenvalue weighted by Crippen LogP contribution is -2.51. The Morgan fingerprint density at radius 2 is 2.08 bits per heavy atom. The molecular formula is C18H22BrN5. The number of nitrogens with two attached hydrogens (primary N) is 1. The summed E-state index contributed by atoms with van der Waals surface area (Å²) in [6, 6.07) is 14.7. The molecule has 0 aromatic heterocycles. The molecule has 6 heteroatoms. The fraction of sp³-hybridized carbons (Fsp3) is 0.278. The summed E-state index contributed by atoms with van der Waals surface area (Å²) in [4.78, 5) is 9.06. The molecule has 0 spiro atoms. The van der Waals surface area contributed by atoms with Crippen molar-refractivity contribution >= 4 is 33.3 Å². The average molecular weight is 388 g/mol. The van der Waals surface area contributed by atoms with Crippen LogP contribution in [0, 0.1) is 6.92 Å². The molecule has 0 fully saturated rings. The van der Waals surface area contributed by atoms with E-state index in [0.717, 1.165) is 22.4 Å². The van der Waals surface area contributed by atoms with E-state index in [9.17, 15) is 0 Å². The summed E-state index contributed by atoms with van der Waals surface area (Å²) >= 11 is 3.57. The summed E-state index contributed by atoms with van der Waals surface area (Å²) in [6.45, 7) is 5.09. The third-order valence-corrected chi connectivity index (χ3v) is 4.79. The zero-order valence-corrected chi connectivity index (χ0v) is 15.7. The molecule has 5 nitrogen and oxygen atoms in total. The van der Waals surface area contributed by atoms with Crippen molar-refractivity contribution in [3.63, 3.8) is 0 Å². The van der Waals surface area contributed by atoms with Gasteiger partial charge in [0.15, 0.2) is 0 Å². The molecule has 0 radical (unpaired) electrons. The Morgan fingerprint density at radius 3 is 2.75 bits per heavy atom. The van der Waals surface area contributed by atoms with E-state index in [0.29, 0.717) is 5.96 Å². The van der Waals surface area contributed by atoms with Crippen LogP contribution in [0.4, 0.5) is 11.4 Å². The zero-order valence-electron chi connectivity index (χ0n) is 14.1. The van der Waals surface area contributed by atoms with Gasteiger partial charge in [-0.1, -0.05) is 34.1 Å². The summed E-state index contributed by atoms with van der Waals surface area (Å²) in [5.41, 5.74) is 7.18. The Bertz CT molecular complexity index is 774. The second kappa shape index (κ2) is 6.83. The van der Waals surface area contributed by atoms with E-state index in [1.54, 1.807) is 0 Å². The lowest BCUT2D eigenvalue weighted by Gasteiger charge is -2.42. The molecule has 3 rings (SSSR count). The van der Waals surface area contributed by atoms with E-state index in [1.165, 1.54) is 11.1 Å². The van der Waals surface area contributed by atoms with Crippen LogP contribution in [0.3, 0.4) is 0 Å². The van der Waals surface area contributed by atoms with Crippen LogP contribution in [-0.4, -0.2) is 24.5 Å². The van der Waals surface area contributed by atoms with Crippen LogP contribution >= 0.6 is 15.9 Å². The monoisotopic (exact) mass is 387 g/mol. The maximum atomic E-state index is 5.71. The molecule has 1 unspecified atom stereocenters. The van der Waals surface area contributed by atoms with E-state index in [-0.39, 0.29) is 6.17 Å². The average Bonchev–Trinajstić information content (AvgIpc) is 2.57. The summed E-state index contributed by atoms with van der Waals surface area (Å²) in [7, 11) is 2.01. The van der Waals surface area contributed by atoms with E-state index in [4.69, 9.17) is 5.84 Å². The Morgan fingerprint density at radius 1 is 1.29 bits per heavy atom. The minimum Gasteiger partial charge on any atom is -0.347 e. The lowest BCUT2D eigenvalue weighted by atomic mass is 10.0. The number of aliphatic imine (C=N–C) groups is 1. The number of benzene rings is 2. The third kappa shape index (κ3) is 2.99. The fourth-order valence-corrected chi connectivity index (χ4v) is 3.54. The second-order valence-corrected chi connectivity index (χ2v) is 6.81. The van der Waals surface area contributed by atoms with E-state index < -0.39 is 0 Å². The number of nitrogens with one attached hydrogen (secondary N) is 1. The van der Waals surface area contributed by atoms with E-state index in [2.05, 4.69) is 86.4 Å². The van der Waals surface area contributed by atoms with Crippen LogP contribution in [0.15, 0.2) is 51.9 Å². The fourth-order valence-electron chi connectivity index (χ4n) is 3.15. The van der Waals surface area contributed by atoms with Gasteiger partial charge < -0.3 is 9.80 Å². The van der Waals surface area contributed by atoms with Gasteiger partial charge in [-0.05, 0) is 43.7 Å². The van der Waals surface area contributed by atoms with Crippen LogP contribution in [-0.2, 0) is 0 Å². The van der Waals surface area contributed by atoms with Gasteiger partial charge in [0.25, 0.3) is 0 Å². The van der Waals surface area contributed by atoms with Crippen molar-refractivity contribution in [3.8, 4) is 0 Å². The van der Waals surface area contributed by atoms with Crippen molar-refractivity contribution in [1.29, 1.82) is 0 Å². The molecule has 0 bridgehead atoms. The number of halogens is 1. The van der Waals surface area contributed by atoms with Crippen LogP contribution < -0.4 is 16.2 Å². The Labute approximate surface area is 151 Å². The number of hydrogen-bond donors (Lipinski definition) is 2. The van der Waals surface area contributed by atoms with Gasteiger partial charge in [0.2, 0.25) is 5.96 Å². The summed E-state index contributed by atoms with van der Waals surface area (Å²) < 4.78 is 1.06. The van der Waals surface area contributed by atoms with Crippen molar-refractivity contribution in [2.75, 3.05) is 18.5 Å². The molecule has 2 aromatic rings. The van der Waals surface area contributed by atoms with E-state index in [1.807, 2.05) is 13.1 Å². The molecule has 0 amide bonds. The second-order valence-electron chi connectivity index (χ2n) is 5.89. The first kappa shape index (κ1) is 16.8. The predicted octanol–water partition coefficient (Wildman–Crippen LogP) is 3.68. The summed E-state index contributed by atoms with van der Waals surface area (Å²) in [5.74, 6) is 6.37. The first-order valence-corrected chi connectivity index (χ1v) is 8.75. The molecule has 24 heavy (non-hydrogen) atoms. The van der Waals surface area contributed by atoms with Crippen molar-refractivity contribution < 1.29 is 0 Å². The van der Waals surface area contributed by atoms with Crippen molar-refractivity contribution in [1.82, 2.24) is 10.3 Å². The Balaban J connectivity index is 2.12. The largest absolute Gasteiger partial charge is 0.347 e. The van der Waals surface area contributed by atoms with Crippen molar-refractivity contribution in [2.45, 2.75) is 20.0 Å². The molecule has 0 saturated heterocycles. The van der Waals surface area contributed by atoms with Gasteiger partial charge in [0.05, 0.1) is 5.69 Å². The normalized spacial score (nSPS) is 16.5. The highest BCUT2D eigenvalue weighted by Crippen LogP contribution is 2.38. The van der Waals surface area contributed by atoms with Gasteiger partial charge >= 0.3 is 0 Å². The molecule has 0 saturated carbocycles. The van der Waals surface area contributed by atoms with Gasteiger partial charge in [0.1, 0.15) is 6.17 Å². The number of rotatable bonds is 3. The van der Waals surface area contributed by atoms with Crippen molar-refractivity contribution in [3.05, 3.63) is 58.1 Å². The van der Waals surface area contributed by atoms with Gasteiger partial charge in [-0.3, -0.25) is 5.43 Å². The smallest absolute Gasteiger partial charge is 0.215 e. The van der Waals surface area contributed by atoms with Crippen LogP contribution in [0.2, 0.25) is 0 Å². The topological polar surface area (TPSA) is 56.9 Å². The number of hydrogen-bond acceptors (Lipinski definition) is 5. The molecule has 1 atom stereocenters. The number of guanidine groups is 1. The van der Waals surface area contributed by atoms with Gasteiger partial charge in [-0.2, -0.15) is 0 Å². The van der Waals surface area contributed by atoms with Gasteiger partial charge in [-0.15, -0.1) is 0 Å². The molecule has 126 valence electrons. The highest BCUT2D eigenvalue weighted by molar-refractivity contribution is 9.10.